The molecule has 0 aromatic carbocycles. The van der Waals surface area contributed by atoms with E-state index in [0.29, 0.717) is 18.4 Å². The summed E-state index contributed by atoms with van der Waals surface area (Å²) >= 11 is 1.75. The van der Waals surface area contributed by atoms with Crippen LogP contribution in [-0.2, 0) is 15.0 Å². The van der Waals surface area contributed by atoms with Gasteiger partial charge in [0.25, 0.3) is 0 Å². The van der Waals surface area contributed by atoms with Crippen molar-refractivity contribution in [3.8, 4) is 0 Å². The van der Waals surface area contributed by atoms with Gasteiger partial charge in [-0.2, -0.15) is 0 Å². The van der Waals surface area contributed by atoms with Crippen LogP contribution in [0.1, 0.15) is 56.2 Å². The van der Waals surface area contributed by atoms with E-state index in [0.717, 1.165) is 71.2 Å². The van der Waals surface area contributed by atoms with E-state index in [1.807, 2.05) is 0 Å². The molecule has 3 aliphatic rings. The van der Waals surface area contributed by atoms with Crippen molar-refractivity contribution in [1.82, 2.24) is 15.1 Å². The van der Waals surface area contributed by atoms with Gasteiger partial charge in [0.2, 0.25) is 11.8 Å². The number of amides is 2. The second-order valence-electron chi connectivity index (χ2n) is 8.28. The fourth-order valence-electron chi connectivity index (χ4n) is 5.14. The molecule has 1 aromatic heterocycles. The van der Waals surface area contributed by atoms with Gasteiger partial charge in [-0.25, -0.2) is 0 Å². The van der Waals surface area contributed by atoms with E-state index < -0.39 is 0 Å². The van der Waals surface area contributed by atoms with Crippen LogP contribution in [0.5, 0.6) is 0 Å². The summed E-state index contributed by atoms with van der Waals surface area (Å²) < 4.78 is 0. The summed E-state index contributed by atoms with van der Waals surface area (Å²) in [5, 5.41) is 5.08. The van der Waals surface area contributed by atoms with Crippen molar-refractivity contribution >= 4 is 23.2 Å². The predicted molar refractivity (Wildman–Crippen MR) is 108 cm³/mol. The zero-order chi connectivity index (χ0) is 18.7. The SMILES string of the molecule is O=C1CCC(N2CCN(C(=O)C3(c4cccs4)CCCCC3)CC2)CCN1. The van der Waals surface area contributed by atoms with Crippen LogP contribution in [0.2, 0.25) is 0 Å². The Bertz CT molecular complexity index is 646. The van der Waals surface area contributed by atoms with Crippen molar-refractivity contribution in [2.75, 3.05) is 32.7 Å². The molecular weight excluding hydrogens is 358 g/mol. The van der Waals surface area contributed by atoms with Gasteiger partial charge in [0.05, 0.1) is 5.41 Å². The minimum Gasteiger partial charge on any atom is -0.356 e. The summed E-state index contributed by atoms with van der Waals surface area (Å²) in [6.45, 7) is 4.30. The second-order valence-corrected chi connectivity index (χ2v) is 9.23. The van der Waals surface area contributed by atoms with Gasteiger partial charge in [-0.1, -0.05) is 25.3 Å². The van der Waals surface area contributed by atoms with E-state index in [4.69, 9.17) is 0 Å². The molecule has 2 amide bonds. The number of carbonyl (C=O) groups excluding carboxylic acids is 2. The minimum atomic E-state index is -0.271. The van der Waals surface area contributed by atoms with E-state index in [-0.39, 0.29) is 11.3 Å². The van der Waals surface area contributed by atoms with E-state index in [9.17, 15) is 9.59 Å². The highest BCUT2D eigenvalue weighted by Gasteiger charge is 2.45. The van der Waals surface area contributed by atoms with E-state index in [2.05, 4.69) is 32.6 Å². The molecule has 1 saturated carbocycles. The largest absolute Gasteiger partial charge is 0.356 e. The van der Waals surface area contributed by atoms with Crippen molar-refractivity contribution in [3.05, 3.63) is 22.4 Å². The van der Waals surface area contributed by atoms with Crippen LogP contribution in [0, 0.1) is 0 Å². The van der Waals surface area contributed by atoms with E-state index >= 15 is 0 Å². The molecule has 0 spiro atoms. The van der Waals surface area contributed by atoms with Gasteiger partial charge in [-0.3, -0.25) is 14.5 Å². The van der Waals surface area contributed by atoms with Crippen LogP contribution < -0.4 is 5.32 Å². The van der Waals surface area contributed by atoms with Crippen LogP contribution in [-0.4, -0.2) is 60.4 Å². The first-order chi connectivity index (χ1) is 13.2. The van der Waals surface area contributed by atoms with Gasteiger partial charge in [0, 0.05) is 50.1 Å². The number of piperazine rings is 1. The zero-order valence-electron chi connectivity index (χ0n) is 16.1. The highest BCUT2D eigenvalue weighted by Crippen LogP contribution is 2.43. The molecule has 0 radical (unpaired) electrons. The summed E-state index contributed by atoms with van der Waals surface area (Å²) in [5.41, 5.74) is -0.271. The lowest BCUT2D eigenvalue weighted by Gasteiger charge is -2.44. The van der Waals surface area contributed by atoms with Crippen LogP contribution in [0.25, 0.3) is 0 Å². The monoisotopic (exact) mass is 389 g/mol. The van der Waals surface area contributed by atoms with Crippen LogP contribution >= 0.6 is 11.3 Å². The zero-order valence-corrected chi connectivity index (χ0v) is 16.9. The normalized spacial score (nSPS) is 27.0. The lowest BCUT2D eigenvalue weighted by Crippen LogP contribution is -2.56. The summed E-state index contributed by atoms with van der Waals surface area (Å²) in [6.07, 6.45) is 8.18. The molecule has 2 aliphatic heterocycles. The minimum absolute atomic E-state index is 0.182. The number of nitrogens with one attached hydrogen (secondary N) is 1. The summed E-state index contributed by atoms with van der Waals surface area (Å²) in [7, 11) is 0. The lowest BCUT2D eigenvalue weighted by atomic mass is 9.72. The number of hydrogen-bond donors (Lipinski definition) is 1. The third kappa shape index (κ3) is 3.92. The number of thiophene rings is 1. The second kappa shape index (κ2) is 8.31. The first-order valence-electron chi connectivity index (χ1n) is 10.5. The highest BCUT2D eigenvalue weighted by atomic mass is 32.1. The topological polar surface area (TPSA) is 52.7 Å². The lowest BCUT2D eigenvalue weighted by molar-refractivity contribution is -0.141. The van der Waals surface area contributed by atoms with Crippen molar-refractivity contribution in [1.29, 1.82) is 0 Å². The molecule has 1 atom stereocenters. The molecule has 6 heteroatoms. The van der Waals surface area contributed by atoms with Crippen molar-refractivity contribution in [3.63, 3.8) is 0 Å². The maximum atomic E-state index is 13.6. The Hall–Kier alpha value is -1.40. The third-order valence-corrected chi connectivity index (χ3v) is 7.81. The summed E-state index contributed by atoms with van der Waals surface area (Å²) in [6, 6.07) is 4.73. The average Bonchev–Trinajstić information content (AvgIpc) is 3.18. The molecule has 1 unspecified atom stereocenters. The maximum Gasteiger partial charge on any atom is 0.234 e. The molecule has 2 saturated heterocycles. The molecule has 1 N–H and O–H groups in total. The van der Waals surface area contributed by atoms with Crippen molar-refractivity contribution in [2.24, 2.45) is 0 Å². The molecule has 5 nitrogen and oxygen atoms in total. The maximum absolute atomic E-state index is 13.6. The van der Waals surface area contributed by atoms with Gasteiger partial charge in [-0.05, 0) is 37.1 Å². The molecule has 148 valence electrons. The van der Waals surface area contributed by atoms with Crippen molar-refractivity contribution in [2.45, 2.75) is 62.8 Å². The first kappa shape index (κ1) is 18.9. The Morgan fingerprint density at radius 2 is 1.89 bits per heavy atom. The summed E-state index contributed by atoms with van der Waals surface area (Å²) in [4.78, 5) is 31.1. The average molecular weight is 390 g/mol. The Morgan fingerprint density at radius 1 is 1.11 bits per heavy atom. The van der Waals surface area contributed by atoms with Crippen LogP contribution in [0.4, 0.5) is 0 Å². The Morgan fingerprint density at radius 3 is 2.59 bits per heavy atom. The molecular formula is C21H31N3O2S. The molecule has 4 rings (SSSR count). The van der Waals surface area contributed by atoms with E-state index in [1.54, 1.807) is 11.3 Å². The fraction of sp³-hybridized carbons (Fsp3) is 0.714. The summed E-state index contributed by atoms with van der Waals surface area (Å²) in [5.74, 6) is 0.545. The van der Waals surface area contributed by atoms with Crippen molar-refractivity contribution < 1.29 is 9.59 Å². The standard InChI is InChI=1S/C21H31N3O2S/c25-19-7-6-17(8-11-22-19)23-12-14-24(15-13-23)20(26)21(9-2-1-3-10-21)18-5-4-16-27-18/h4-5,16-17H,1-3,6-15H2,(H,22,25). The molecule has 3 fully saturated rings. The Labute approximate surface area is 166 Å². The number of carbonyl (C=O) groups is 2. The smallest absolute Gasteiger partial charge is 0.234 e. The molecule has 27 heavy (non-hydrogen) atoms. The quantitative estimate of drug-likeness (QED) is 0.865. The molecule has 1 aromatic rings. The van der Waals surface area contributed by atoms with Gasteiger partial charge >= 0.3 is 0 Å². The number of hydrogen-bond acceptors (Lipinski definition) is 4. The number of rotatable bonds is 3. The van der Waals surface area contributed by atoms with Gasteiger partial charge in [-0.15, -0.1) is 11.3 Å². The van der Waals surface area contributed by atoms with Crippen LogP contribution in [0.3, 0.4) is 0 Å². The van der Waals surface area contributed by atoms with Gasteiger partial charge in [0.1, 0.15) is 0 Å². The number of nitrogens with zero attached hydrogens (tertiary/aromatic N) is 2. The van der Waals surface area contributed by atoms with E-state index in [1.165, 1.54) is 11.3 Å². The first-order valence-corrected chi connectivity index (χ1v) is 11.4. The molecule has 3 heterocycles. The Kier molecular flexibility index (Phi) is 5.83. The predicted octanol–water partition coefficient (Wildman–Crippen LogP) is 2.76. The van der Waals surface area contributed by atoms with Gasteiger partial charge in [0.15, 0.2) is 0 Å². The Balaban J connectivity index is 1.41. The highest BCUT2D eigenvalue weighted by molar-refractivity contribution is 7.10. The van der Waals surface area contributed by atoms with Crippen LogP contribution in [0.15, 0.2) is 17.5 Å². The molecule has 1 aliphatic carbocycles. The van der Waals surface area contributed by atoms with Gasteiger partial charge < -0.3 is 10.2 Å². The molecule has 0 bridgehead atoms. The third-order valence-electron chi connectivity index (χ3n) is 6.73. The fourth-order valence-corrected chi connectivity index (χ4v) is 6.12.